The minimum absolute atomic E-state index is 0.0127. The van der Waals surface area contributed by atoms with Gasteiger partial charge in [-0.3, -0.25) is 0 Å². The summed E-state index contributed by atoms with van der Waals surface area (Å²) in [6.45, 7) is 2.50. The first-order valence-electron chi connectivity index (χ1n) is 4.85. The number of hydrogen-bond acceptors (Lipinski definition) is 0. The second-order valence-electron chi connectivity index (χ2n) is 3.39. The van der Waals surface area contributed by atoms with Crippen molar-refractivity contribution in [1.82, 2.24) is 9.13 Å². The summed E-state index contributed by atoms with van der Waals surface area (Å²) < 4.78 is 52.2. The molecule has 92 valence electrons. The fraction of sp³-hybridized carbons (Fsp3) is 0.667. The van der Waals surface area contributed by atoms with Gasteiger partial charge in [-0.1, -0.05) is 0 Å². The second-order valence-corrected chi connectivity index (χ2v) is 4.15. The molecule has 0 aliphatic rings. The van der Waals surface area contributed by atoms with Gasteiger partial charge in [0.05, 0.1) is 0 Å². The van der Waals surface area contributed by atoms with Crippen molar-refractivity contribution in [3.05, 3.63) is 16.7 Å². The number of aromatic nitrogens is 2. The van der Waals surface area contributed by atoms with Crippen LogP contribution in [0.3, 0.4) is 0 Å². The van der Waals surface area contributed by atoms with Crippen LogP contribution in [0, 0.1) is 4.32 Å². The molecular weight excluding hydrogens is 291 g/mol. The van der Waals surface area contributed by atoms with E-state index in [-0.39, 0.29) is 8.89 Å². The zero-order valence-electron chi connectivity index (χ0n) is 8.67. The van der Waals surface area contributed by atoms with E-state index in [4.69, 9.17) is 0 Å². The Morgan fingerprint density at radius 1 is 1.38 bits per heavy atom. The number of unbranched alkanes of at least 4 members (excludes halogenated alkanes) is 1. The second kappa shape index (κ2) is 5.19. The van der Waals surface area contributed by atoms with E-state index in [2.05, 4.69) is 15.6 Å². The summed E-state index contributed by atoms with van der Waals surface area (Å²) >= 11 is 2.40. The van der Waals surface area contributed by atoms with Crippen LogP contribution < -0.4 is 0 Å². The van der Waals surface area contributed by atoms with Crippen LogP contribution in [0.25, 0.3) is 0 Å². The van der Waals surface area contributed by atoms with Crippen LogP contribution in [-0.2, 0) is 12.6 Å². The molecule has 0 bridgehead atoms. The van der Waals surface area contributed by atoms with E-state index in [1.54, 1.807) is 0 Å². The molecule has 0 radical (unpaired) electrons. The van der Waals surface area contributed by atoms with E-state index in [1.807, 2.05) is 6.92 Å². The summed E-state index contributed by atoms with van der Waals surface area (Å²) in [6, 6.07) is -4.17. The molecule has 2 nitrogen and oxygen atoms in total. The molecule has 16 heavy (non-hydrogen) atoms. The number of hydrogen-bond donors (Lipinski definition) is 0. The van der Waals surface area contributed by atoms with Crippen LogP contribution in [0.4, 0.5) is 17.6 Å². The zero-order chi connectivity index (χ0) is 12.3. The number of alkyl halides is 4. The van der Waals surface area contributed by atoms with Crippen LogP contribution in [0.15, 0.2) is 12.4 Å². The van der Waals surface area contributed by atoms with Crippen LogP contribution in [-0.4, -0.2) is 31.1 Å². The maximum absolute atomic E-state index is 13.1. The summed E-state index contributed by atoms with van der Waals surface area (Å²) in [7, 11) is 0. The average molecular weight is 303 g/mol. The molecule has 0 spiro atoms. The van der Waals surface area contributed by atoms with E-state index in [9.17, 15) is 17.6 Å². The molecule has 7 heteroatoms. The van der Waals surface area contributed by atoms with Gasteiger partial charge in [0.1, 0.15) is 0 Å². The summed E-state index contributed by atoms with van der Waals surface area (Å²) in [5, 5.41) is 0. The number of aryl methyl sites for hydroxylation is 1. The van der Waals surface area contributed by atoms with Gasteiger partial charge < -0.3 is 0 Å². The van der Waals surface area contributed by atoms with Crippen molar-refractivity contribution >= 4 is 15.6 Å². The van der Waals surface area contributed by atoms with Crippen LogP contribution in [0.5, 0.6) is 0 Å². The van der Waals surface area contributed by atoms with Crippen molar-refractivity contribution in [2.75, 3.05) is 0 Å². The predicted molar refractivity (Wildman–Crippen MR) is 52.5 cm³/mol. The average Bonchev–Trinajstić information content (AvgIpc) is 2.57. The third-order valence-corrected chi connectivity index (χ3v) is 3.09. The molecule has 0 aliphatic heterocycles. The standard InChI is InChI=1S/C9H12F4N2Se/c1-2-3-4-14-5-6-15(8(14)16)9(12,13)7(10)11/h5-7H,2-4H2,1H3. The summed E-state index contributed by atoms with van der Waals surface area (Å²) in [5.74, 6) is 0. The quantitative estimate of drug-likeness (QED) is 0.584. The van der Waals surface area contributed by atoms with Crippen LogP contribution in [0.1, 0.15) is 19.8 Å². The Balaban J connectivity index is 3.00. The fourth-order valence-electron chi connectivity index (χ4n) is 1.24. The molecule has 0 saturated heterocycles. The Labute approximate surface area is 98.2 Å². The third kappa shape index (κ3) is 2.58. The van der Waals surface area contributed by atoms with E-state index < -0.39 is 12.5 Å². The first kappa shape index (κ1) is 13.5. The Morgan fingerprint density at radius 2 is 2.00 bits per heavy atom. The maximum atomic E-state index is 13.1. The van der Waals surface area contributed by atoms with Crippen LogP contribution in [0.2, 0.25) is 0 Å². The zero-order valence-corrected chi connectivity index (χ0v) is 10.4. The summed E-state index contributed by atoms with van der Waals surface area (Å²) in [5.41, 5.74) is 0. The molecule has 0 aromatic carbocycles. The van der Waals surface area contributed by atoms with Crippen molar-refractivity contribution in [3.63, 3.8) is 0 Å². The Hall–Kier alpha value is -0.551. The summed E-state index contributed by atoms with van der Waals surface area (Å²) in [6.07, 6.45) is 0.337. The molecule has 0 N–H and O–H groups in total. The van der Waals surface area contributed by atoms with Gasteiger partial charge in [-0.2, -0.15) is 0 Å². The molecule has 0 saturated carbocycles. The first-order chi connectivity index (χ1) is 7.41. The van der Waals surface area contributed by atoms with Crippen molar-refractivity contribution in [2.24, 2.45) is 0 Å². The van der Waals surface area contributed by atoms with Crippen molar-refractivity contribution in [3.8, 4) is 0 Å². The van der Waals surface area contributed by atoms with Gasteiger partial charge in [0.15, 0.2) is 0 Å². The van der Waals surface area contributed by atoms with Gasteiger partial charge in [-0.15, -0.1) is 0 Å². The van der Waals surface area contributed by atoms with Gasteiger partial charge in [0.25, 0.3) is 0 Å². The molecule has 1 heterocycles. The minimum atomic E-state index is -4.17. The van der Waals surface area contributed by atoms with Crippen molar-refractivity contribution < 1.29 is 17.6 Å². The third-order valence-electron chi connectivity index (χ3n) is 2.18. The molecule has 1 aromatic rings. The topological polar surface area (TPSA) is 9.86 Å². The number of nitrogens with zero attached hydrogens (tertiary/aromatic N) is 2. The molecule has 0 aliphatic carbocycles. The van der Waals surface area contributed by atoms with E-state index in [0.29, 0.717) is 6.54 Å². The Morgan fingerprint density at radius 3 is 2.50 bits per heavy atom. The molecule has 0 unspecified atom stereocenters. The molecule has 1 rings (SSSR count). The molecular formula is C9H12F4N2Se. The molecule has 0 fully saturated rings. The van der Waals surface area contributed by atoms with Gasteiger partial charge in [-0.05, 0) is 0 Å². The number of imidazole rings is 1. The van der Waals surface area contributed by atoms with Crippen LogP contribution >= 0.6 is 0 Å². The predicted octanol–water partition coefficient (Wildman–Crippen LogP) is 2.60. The fourth-order valence-corrected chi connectivity index (χ4v) is 1.95. The molecule has 1 aromatic heterocycles. The van der Waals surface area contributed by atoms with Gasteiger partial charge in [-0.25, -0.2) is 0 Å². The number of halogens is 4. The monoisotopic (exact) mass is 304 g/mol. The van der Waals surface area contributed by atoms with Gasteiger partial charge in [0, 0.05) is 0 Å². The molecule has 0 atom stereocenters. The normalized spacial score (nSPS) is 12.4. The Kier molecular flexibility index (Phi) is 4.38. The van der Waals surface area contributed by atoms with E-state index in [0.717, 1.165) is 19.0 Å². The van der Waals surface area contributed by atoms with Gasteiger partial charge >= 0.3 is 97.8 Å². The first-order valence-corrected chi connectivity index (χ1v) is 5.71. The van der Waals surface area contributed by atoms with E-state index >= 15 is 0 Å². The van der Waals surface area contributed by atoms with Crippen molar-refractivity contribution in [2.45, 2.75) is 38.8 Å². The van der Waals surface area contributed by atoms with Gasteiger partial charge in [0.2, 0.25) is 0 Å². The summed E-state index contributed by atoms with van der Waals surface area (Å²) in [4.78, 5) is 0. The van der Waals surface area contributed by atoms with Crippen molar-refractivity contribution in [1.29, 1.82) is 0 Å². The SMILES string of the molecule is CCCCn1ccn(C(F)(F)C(F)F)c1=[Se]. The Bertz CT molecular complexity index is 396. The van der Waals surface area contributed by atoms with E-state index in [1.165, 1.54) is 10.8 Å². The molecule has 0 amide bonds. The number of rotatable bonds is 5.